The van der Waals surface area contributed by atoms with Gasteiger partial charge in [0.05, 0.1) is 22.7 Å². The summed E-state index contributed by atoms with van der Waals surface area (Å²) >= 11 is 7.75. The van der Waals surface area contributed by atoms with Gasteiger partial charge in [-0.3, -0.25) is 4.79 Å². The number of amides is 1. The molecule has 2 aromatic rings. The Bertz CT molecular complexity index is 1080. The molecule has 1 aromatic heterocycles. The maximum Gasteiger partial charge on any atom is 0.274 e. The monoisotopic (exact) mass is 495 g/mol. The number of carbonyl (C=O) groups excluding carboxylic acids is 1. The van der Waals surface area contributed by atoms with E-state index >= 15 is 0 Å². The topological polar surface area (TPSA) is 80.2 Å². The number of hydrogen-bond donors (Lipinski definition) is 0. The molecule has 1 amide bonds. The van der Waals surface area contributed by atoms with E-state index in [1.54, 1.807) is 4.90 Å². The summed E-state index contributed by atoms with van der Waals surface area (Å²) in [6.07, 6.45) is 1.85. The highest BCUT2D eigenvalue weighted by Gasteiger charge is 2.36. The Morgan fingerprint density at radius 2 is 1.91 bits per heavy atom. The number of benzene rings is 1. The predicted molar refractivity (Wildman–Crippen MR) is 130 cm³/mol. The lowest BCUT2D eigenvalue weighted by atomic mass is 9.86. The third kappa shape index (κ3) is 6.23. The predicted octanol–water partition coefficient (Wildman–Crippen LogP) is 4.76. The van der Waals surface area contributed by atoms with E-state index in [4.69, 9.17) is 11.6 Å². The summed E-state index contributed by atoms with van der Waals surface area (Å²) in [5.74, 6) is -0.337. The van der Waals surface area contributed by atoms with Crippen molar-refractivity contribution in [3.63, 3.8) is 0 Å². The summed E-state index contributed by atoms with van der Waals surface area (Å²) in [4.78, 5) is 23.8. The second-order valence-corrected chi connectivity index (χ2v) is 13.6. The van der Waals surface area contributed by atoms with Crippen LogP contribution in [0.2, 0.25) is 5.02 Å². The van der Waals surface area contributed by atoms with E-state index in [1.807, 2.05) is 26.0 Å². The number of thioether (sulfide) groups is 1. The molecule has 3 rings (SSSR count). The number of nitrogens with zero attached hydrogens (tertiary/aromatic N) is 3. The first-order valence-corrected chi connectivity index (χ1v) is 13.7. The van der Waals surface area contributed by atoms with Gasteiger partial charge >= 0.3 is 0 Å². The highest BCUT2D eigenvalue weighted by molar-refractivity contribution is 7.99. The standard InChI is InChI=1S/C23H30ClN3O3S2/c1-15(2)31-22-25-12-19(24)20(26-22)21(28)27(18-10-11-32(29,30)14-18)13-16-6-8-17(9-7-16)23(3,4)5/h6-9,12,15,18H,10-11,13-14H2,1-5H3/t18-/m0/s1. The van der Waals surface area contributed by atoms with Crippen LogP contribution in [0.5, 0.6) is 0 Å². The van der Waals surface area contributed by atoms with Gasteiger partial charge in [0.25, 0.3) is 5.91 Å². The summed E-state index contributed by atoms with van der Waals surface area (Å²) in [6.45, 7) is 10.7. The fourth-order valence-electron chi connectivity index (χ4n) is 3.60. The van der Waals surface area contributed by atoms with Crippen LogP contribution in [0.1, 0.15) is 62.7 Å². The number of carbonyl (C=O) groups is 1. The number of sulfone groups is 1. The van der Waals surface area contributed by atoms with Gasteiger partial charge in [0.2, 0.25) is 0 Å². The number of aromatic nitrogens is 2. The molecule has 9 heteroatoms. The number of hydrogen-bond acceptors (Lipinski definition) is 6. The molecule has 1 atom stereocenters. The van der Waals surface area contributed by atoms with E-state index in [-0.39, 0.29) is 45.3 Å². The first kappa shape index (κ1) is 25.0. The second-order valence-electron chi connectivity index (χ2n) is 9.45. The molecule has 6 nitrogen and oxygen atoms in total. The van der Waals surface area contributed by atoms with E-state index in [0.717, 1.165) is 5.56 Å². The van der Waals surface area contributed by atoms with Gasteiger partial charge in [-0.1, -0.05) is 82.2 Å². The van der Waals surface area contributed by atoms with Crippen molar-refractivity contribution in [2.24, 2.45) is 0 Å². The largest absolute Gasteiger partial charge is 0.329 e. The normalized spacial score (nSPS) is 18.2. The fraction of sp³-hybridized carbons (Fsp3) is 0.522. The lowest BCUT2D eigenvalue weighted by molar-refractivity contribution is 0.0674. The SMILES string of the molecule is CC(C)Sc1ncc(Cl)c(C(=O)N(Cc2ccc(C(C)(C)C)cc2)[C@H]2CCS(=O)(=O)C2)n1. The summed E-state index contributed by atoms with van der Waals surface area (Å²) in [5.41, 5.74) is 2.25. The lowest BCUT2D eigenvalue weighted by Gasteiger charge is -2.29. The Morgan fingerprint density at radius 3 is 2.44 bits per heavy atom. The minimum Gasteiger partial charge on any atom is -0.329 e. The quantitative estimate of drug-likeness (QED) is 0.424. The van der Waals surface area contributed by atoms with Gasteiger partial charge in [-0.05, 0) is 23.0 Å². The molecule has 0 radical (unpaired) electrons. The number of rotatable bonds is 6. The highest BCUT2D eigenvalue weighted by Crippen LogP contribution is 2.27. The molecule has 1 saturated heterocycles. The van der Waals surface area contributed by atoms with Gasteiger partial charge in [-0.25, -0.2) is 18.4 Å². The van der Waals surface area contributed by atoms with E-state index in [1.165, 1.54) is 23.5 Å². The van der Waals surface area contributed by atoms with Crippen molar-refractivity contribution >= 4 is 39.1 Å². The molecule has 0 spiro atoms. The zero-order chi connectivity index (χ0) is 23.7. The molecule has 0 saturated carbocycles. The van der Waals surface area contributed by atoms with Crippen molar-refractivity contribution in [2.75, 3.05) is 11.5 Å². The first-order valence-electron chi connectivity index (χ1n) is 10.7. The third-order valence-electron chi connectivity index (χ3n) is 5.35. The van der Waals surface area contributed by atoms with Crippen molar-refractivity contribution in [1.82, 2.24) is 14.9 Å². The first-order chi connectivity index (χ1) is 14.9. The van der Waals surface area contributed by atoms with Crippen LogP contribution in [0.3, 0.4) is 0 Å². The highest BCUT2D eigenvalue weighted by atomic mass is 35.5. The van der Waals surface area contributed by atoms with Crippen LogP contribution >= 0.6 is 23.4 Å². The molecule has 1 aliphatic heterocycles. The van der Waals surface area contributed by atoms with E-state index < -0.39 is 15.9 Å². The van der Waals surface area contributed by atoms with Gasteiger partial charge < -0.3 is 4.90 Å². The molecule has 0 bridgehead atoms. The fourth-order valence-corrected chi connectivity index (χ4v) is 6.18. The maximum absolute atomic E-state index is 13.6. The smallest absolute Gasteiger partial charge is 0.274 e. The average Bonchev–Trinajstić information content (AvgIpc) is 3.06. The summed E-state index contributed by atoms with van der Waals surface area (Å²) in [6, 6.07) is 7.68. The summed E-state index contributed by atoms with van der Waals surface area (Å²) < 4.78 is 24.3. The zero-order valence-electron chi connectivity index (χ0n) is 19.1. The van der Waals surface area contributed by atoms with Crippen LogP contribution in [0.4, 0.5) is 0 Å². The zero-order valence-corrected chi connectivity index (χ0v) is 21.5. The Hall–Kier alpha value is -1.64. The summed E-state index contributed by atoms with van der Waals surface area (Å²) in [7, 11) is -3.17. The van der Waals surface area contributed by atoms with Gasteiger partial charge in [0.1, 0.15) is 0 Å². The van der Waals surface area contributed by atoms with Crippen molar-refractivity contribution in [3.8, 4) is 0 Å². The molecule has 2 heterocycles. The van der Waals surface area contributed by atoms with Gasteiger partial charge in [-0.15, -0.1) is 0 Å². The van der Waals surface area contributed by atoms with E-state index in [0.29, 0.717) is 11.6 Å². The molecular weight excluding hydrogens is 466 g/mol. The van der Waals surface area contributed by atoms with E-state index in [9.17, 15) is 13.2 Å². The molecule has 1 aliphatic rings. The molecule has 32 heavy (non-hydrogen) atoms. The molecule has 0 N–H and O–H groups in total. The molecule has 1 fully saturated rings. The van der Waals surface area contributed by atoms with E-state index in [2.05, 4.69) is 42.9 Å². The van der Waals surface area contributed by atoms with Crippen LogP contribution < -0.4 is 0 Å². The van der Waals surface area contributed by atoms with Crippen molar-refractivity contribution in [1.29, 1.82) is 0 Å². The second kappa shape index (κ2) is 9.69. The van der Waals surface area contributed by atoms with Crippen molar-refractivity contribution in [2.45, 2.75) is 69.4 Å². The maximum atomic E-state index is 13.6. The Labute approximate surface area is 200 Å². The van der Waals surface area contributed by atoms with Gasteiger partial charge in [0.15, 0.2) is 20.7 Å². The Kier molecular flexibility index (Phi) is 7.57. The van der Waals surface area contributed by atoms with Crippen LogP contribution in [0.25, 0.3) is 0 Å². The average molecular weight is 496 g/mol. The molecule has 1 aromatic carbocycles. The molecular formula is C23H30ClN3O3S2. The lowest BCUT2D eigenvalue weighted by Crippen LogP contribution is -2.41. The van der Waals surface area contributed by atoms with Gasteiger partial charge in [0, 0.05) is 17.8 Å². The minimum atomic E-state index is -3.17. The van der Waals surface area contributed by atoms with Crippen LogP contribution in [-0.2, 0) is 21.8 Å². The van der Waals surface area contributed by atoms with Crippen LogP contribution in [-0.4, -0.2) is 52.0 Å². The van der Waals surface area contributed by atoms with Gasteiger partial charge in [-0.2, -0.15) is 0 Å². The molecule has 0 unspecified atom stereocenters. The minimum absolute atomic E-state index is 0.0204. The van der Waals surface area contributed by atoms with Crippen LogP contribution in [0, 0.1) is 0 Å². The third-order valence-corrected chi connectivity index (χ3v) is 8.25. The molecule has 174 valence electrons. The van der Waals surface area contributed by atoms with Crippen molar-refractivity contribution in [3.05, 3.63) is 52.3 Å². The Morgan fingerprint density at radius 1 is 1.25 bits per heavy atom. The van der Waals surface area contributed by atoms with Crippen molar-refractivity contribution < 1.29 is 13.2 Å². The number of halogens is 1. The summed E-state index contributed by atoms with van der Waals surface area (Å²) in [5, 5.41) is 0.884. The Balaban J connectivity index is 1.94. The molecule has 0 aliphatic carbocycles. The van der Waals surface area contributed by atoms with Crippen LogP contribution in [0.15, 0.2) is 35.6 Å².